The van der Waals surface area contributed by atoms with Crippen LogP contribution < -0.4 is 5.32 Å². The van der Waals surface area contributed by atoms with Crippen LogP contribution in [0.3, 0.4) is 0 Å². The summed E-state index contributed by atoms with van der Waals surface area (Å²) < 4.78 is 2.15. The van der Waals surface area contributed by atoms with E-state index < -0.39 is 0 Å². The zero-order valence-corrected chi connectivity index (χ0v) is 18.2. The lowest BCUT2D eigenvalue weighted by molar-refractivity contribution is -0.113. The molecule has 0 saturated heterocycles. The van der Waals surface area contributed by atoms with Crippen LogP contribution in [0.4, 0.5) is 5.69 Å². The van der Waals surface area contributed by atoms with Gasteiger partial charge in [0.05, 0.1) is 23.3 Å². The van der Waals surface area contributed by atoms with Crippen molar-refractivity contribution in [1.29, 1.82) is 0 Å². The minimum Gasteiger partial charge on any atom is -0.325 e. The number of thioether (sulfide) groups is 1. The summed E-state index contributed by atoms with van der Waals surface area (Å²) in [7, 11) is 0. The number of carbonyl (C=O) groups is 1. The monoisotopic (exact) mass is 435 g/mol. The van der Waals surface area contributed by atoms with Gasteiger partial charge in [-0.05, 0) is 47.9 Å². The van der Waals surface area contributed by atoms with Crippen molar-refractivity contribution in [3.8, 4) is 0 Å². The predicted octanol–water partition coefficient (Wildman–Crippen LogP) is 6.03. The average Bonchev–Trinajstić information content (AvgIpc) is 3.11. The van der Waals surface area contributed by atoms with E-state index in [-0.39, 0.29) is 5.91 Å². The first kappa shape index (κ1) is 20.5. The highest BCUT2D eigenvalue weighted by Gasteiger charge is 2.14. The fraction of sp³-hybridized carbons (Fsp3) is 0.167. The van der Waals surface area contributed by atoms with Crippen LogP contribution in [0.15, 0.2) is 78.0 Å². The highest BCUT2D eigenvalue weighted by Crippen LogP contribution is 2.26. The Labute approximate surface area is 185 Å². The number of aromatic nitrogens is 2. The summed E-state index contributed by atoms with van der Waals surface area (Å²) in [5.41, 5.74) is 5.11. The molecule has 0 unspecified atom stereocenters. The van der Waals surface area contributed by atoms with Crippen LogP contribution in [0.25, 0.3) is 11.0 Å². The number of hydrogen-bond acceptors (Lipinski definition) is 3. The number of nitrogens with zero attached hydrogens (tertiary/aromatic N) is 2. The first-order valence-electron chi connectivity index (χ1n) is 9.84. The second-order valence-electron chi connectivity index (χ2n) is 6.94. The molecule has 6 heteroatoms. The van der Waals surface area contributed by atoms with Gasteiger partial charge in [0.15, 0.2) is 5.16 Å². The Bertz CT molecular complexity index is 1170. The first-order chi connectivity index (χ1) is 14.6. The molecule has 0 atom stereocenters. The lowest BCUT2D eigenvalue weighted by Gasteiger charge is -2.11. The summed E-state index contributed by atoms with van der Waals surface area (Å²) in [5.74, 6) is 0.258. The third-order valence-electron chi connectivity index (χ3n) is 4.88. The van der Waals surface area contributed by atoms with Crippen LogP contribution in [0.2, 0.25) is 5.02 Å². The number of anilines is 1. The van der Waals surface area contributed by atoms with Crippen molar-refractivity contribution in [2.75, 3.05) is 11.1 Å². The number of amides is 1. The highest BCUT2D eigenvalue weighted by atomic mass is 35.5. The number of benzene rings is 3. The molecule has 1 amide bonds. The standard InChI is InChI=1S/C24H22ClN3OS/c1-2-18-7-3-4-8-20(18)26-23(29)16-30-24-27-21-9-5-6-10-22(21)28(24)15-17-11-13-19(25)14-12-17/h3-14H,2,15-16H2,1H3,(H,26,29). The molecule has 0 bridgehead atoms. The van der Waals surface area contributed by atoms with E-state index in [4.69, 9.17) is 16.6 Å². The maximum absolute atomic E-state index is 12.6. The van der Waals surface area contributed by atoms with Crippen LogP contribution in [0, 0.1) is 0 Å². The maximum atomic E-state index is 12.6. The molecule has 152 valence electrons. The molecule has 4 aromatic rings. The van der Waals surface area contributed by atoms with Crippen molar-refractivity contribution in [3.63, 3.8) is 0 Å². The van der Waals surface area contributed by atoms with Crippen molar-refractivity contribution in [2.45, 2.75) is 25.0 Å². The summed E-state index contributed by atoms with van der Waals surface area (Å²) in [6.45, 7) is 2.75. The van der Waals surface area contributed by atoms with E-state index in [9.17, 15) is 4.79 Å². The Morgan fingerprint density at radius 1 is 1.03 bits per heavy atom. The summed E-state index contributed by atoms with van der Waals surface area (Å²) in [4.78, 5) is 17.4. The van der Waals surface area contributed by atoms with Crippen molar-refractivity contribution < 1.29 is 4.79 Å². The molecule has 1 aromatic heterocycles. The minimum absolute atomic E-state index is 0.0361. The zero-order chi connectivity index (χ0) is 20.9. The molecule has 4 nitrogen and oxygen atoms in total. The van der Waals surface area contributed by atoms with E-state index in [1.165, 1.54) is 11.8 Å². The Hall–Kier alpha value is -2.76. The van der Waals surface area contributed by atoms with E-state index in [1.54, 1.807) is 0 Å². The van der Waals surface area contributed by atoms with Crippen LogP contribution in [0.5, 0.6) is 0 Å². The lowest BCUT2D eigenvalue weighted by Crippen LogP contribution is -2.15. The number of imidazole rings is 1. The fourth-order valence-corrected chi connectivity index (χ4v) is 4.30. The number of nitrogens with one attached hydrogen (secondary N) is 1. The minimum atomic E-state index is -0.0361. The molecule has 0 saturated carbocycles. The molecule has 0 spiro atoms. The van der Waals surface area contributed by atoms with Gasteiger partial charge in [-0.1, -0.05) is 72.8 Å². The number of fused-ring (bicyclic) bond motifs is 1. The number of rotatable bonds is 7. The predicted molar refractivity (Wildman–Crippen MR) is 125 cm³/mol. The third-order valence-corrected chi connectivity index (χ3v) is 6.11. The number of halogens is 1. The van der Waals surface area contributed by atoms with Gasteiger partial charge in [-0.3, -0.25) is 4.79 Å². The Kier molecular flexibility index (Phi) is 6.41. The second kappa shape index (κ2) is 9.37. The van der Waals surface area contributed by atoms with Gasteiger partial charge in [-0.2, -0.15) is 0 Å². The molecule has 30 heavy (non-hydrogen) atoms. The van der Waals surface area contributed by atoms with Gasteiger partial charge in [0, 0.05) is 10.7 Å². The summed E-state index contributed by atoms with van der Waals surface area (Å²) in [5, 5.41) is 4.57. The zero-order valence-electron chi connectivity index (χ0n) is 16.6. The molecule has 0 aliphatic carbocycles. The van der Waals surface area contributed by atoms with Crippen LogP contribution >= 0.6 is 23.4 Å². The Morgan fingerprint density at radius 3 is 2.57 bits per heavy atom. The Morgan fingerprint density at radius 2 is 1.77 bits per heavy atom. The maximum Gasteiger partial charge on any atom is 0.234 e. The summed E-state index contributed by atoms with van der Waals surface area (Å²) >= 11 is 7.47. The first-order valence-corrected chi connectivity index (χ1v) is 11.2. The van der Waals surface area contributed by atoms with Crippen LogP contribution in [-0.4, -0.2) is 21.2 Å². The van der Waals surface area contributed by atoms with Crippen molar-refractivity contribution in [3.05, 3.63) is 88.9 Å². The van der Waals surface area contributed by atoms with Gasteiger partial charge in [-0.15, -0.1) is 0 Å². The normalized spacial score (nSPS) is 11.0. The van der Waals surface area contributed by atoms with Crippen molar-refractivity contribution >= 4 is 46.0 Å². The van der Waals surface area contributed by atoms with Crippen molar-refractivity contribution in [2.24, 2.45) is 0 Å². The SMILES string of the molecule is CCc1ccccc1NC(=O)CSc1nc2ccccc2n1Cc1ccc(Cl)cc1. The smallest absolute Gasteiger partial charge is 0.234 e. The van der Waals surface area contributed by atoms with E-state index in [0.29, 0.717) is 17.3 Å². The molecule has 0 radical (unpaired) electrons. The molecular weight excluding hydrogens is 414 g/mol. The highest BCUT2D eigenvalue weighted by molar-refractivity contribution is 7.99. The molecule has 3 aromatic carbocycles. The van der Waals surface area contributed by atoms with E-state index in [2.05, 4.69) is 22.9 Å². The third kappa shape index (κ3) is 4.69. The Balaban J connectivity index is 1.53. The number of hydrogen-bond donors (Lipinski definition) is 1. The molecule has 0 aliphatic rings. The van der Waals surface area contributed by atoms with Crippen molar-refractivity contribution in [1.82, 2.24) is 9.55 Å². The van der Waals surface area contributed by atoms with Gasteiger partial charge in [0.25, 0.3) is 0 Å². The molecule has 4 rings (SSSR count). The van der Waals surface area contributed by atoms with Gasteiger partial charge >= 0.3 is 0 Å². The fourth-order valence-electron chi connectivity index (χ4n) is 3.36. The van der Waals surface area contributed by atoms with E-state index >= 15 is 0 Å². The summed E-state index contributed by atoms with van der Waals surface area (Å²) in [6.07, 6.45) is 0.875. The molecule has 0 fully saturated rings. The topological polar surface area (TPSA) is 46.9 Å². The molecule has 1 N–H and O–H groups in total. The number of para-hydroxylation sites is 3. The molecular formula is C24H22ClN3OS. The largest absolute Gasteiger partial charge is 0.325 e. The molecule has 0 aliphatic heterocycles. The van der Waals surface area contributed by atoms with Gasteiger partial charge in [-0.25, -0.2) is 4.98 Å². The number of carbonyl (C=O) groups excluding carboxylic acids is 1. The van der Waals surface area contributed by atoms with E-state index in [0.717, 1.165) is 39.4 Å². The van der Waals surface area contributed by atoms with Crippen LogP contribution in [0.1, 0.15) is 18.1 Å². The average molecular weight is 436 g/mol. The van der Waals surface area contributed by atoms with Crippen LogP contribution in [-0.2, 0) is 17.8 Å². The molecule has 1 heterocycles. The van der Waals surface area contributed by atoms with Gasteiger partial charge in [0.1, 0.15) is 0 Å². The quantitative estimate of drug-likeness (QED) is 0.360. The van der Waals surface area contributed by atoms with Gasteiger partial charge < -0.3 is 9.88 Å². The van der Waals surface area contributed by atoms with Gasteiger partial charge in [0.2, 0.25) is 5.91 Å². The second-order valence-corrected chi connectivity index (χ2v) is 8.32. The summed E-state index contributed by atoms with van der Waals surface area (Å²) in [6, 6.07) is 23.7. The van der Waals surface area contributed by atoms with E-state index in [1.807, 2.05) is 66.7 Å². The number of aryl methyl sites for hydroxylation is 1. The lowest BCUT2D eigenvalue weighted by atomic mass is 10.1.